The van der Waals surface area contributed by atoms with Crippen LogP contribution in [0, 0.1) is 0 Å². The first-order chi connectivity index (χ1) is 5.89. The molecule has 0 amide bonds. The Morgan fingerprint density at radius 3 is 2.08 bits per heavy atom. The molecule has 0 aromatic carbocycles. The summed E-state index contributed by atoms with van der Waals surface area (Å²) < 4.78 is 4.61. The van der Waals surface area contributed by atoms with Gasteiger partial charge in [0.1, 0.15) is 18.8 Å². The topological polar surface area (TPSA) is 136 Å². The van der Waals surface area contributed by atoms with Crippen molar-refractivity contribution in [2.45, 2.75) is 23.7 Å². The van der Waals surface area contributed by atoms with E-state index in [0.29, 0.717) is 0 Å². The second-order valence-corrected chi connectivity index (χ2v) is 3.05. The van der Waals surface area contributed by atoms with Crippen LogP contribution in [0.25, 0.3) is 0 Å². The normalized spacial score (nSPS) is 51.2. The second kappa shape index (κ2) is 3.14. The highest BCUT2D eigenvalue weighted by Gasteiger charge is 2.62. The van der Waals surface area contributed by atoms with Gasteiger partial charge in [0.15, 0.2) is 5.72 Å². The lowest BCUT2D eigenvalue weighted by Gasteiger charge is -2.32. The van der Waals surface area contributed by atoms with Gasteiger partial charge >= 0.3 is 0 Å². The lowest BCUT2D eigenvalue weighted by atomic mass is 9.99. The fourth-order valence-corrected chi connectivity index (χ4v) is 1.22. The molecule has 0 radical (unpaired) electrons. The van der Waals surface area contributed by atoms with Crippen LogP contribution in [-0.2, 0) is 4.74 Å². The molecular weight excluding hydrogens is 182 g/mol. The average molecular weight is 195 g/mol. The van der Waals surface area contributed by atoms with Crippen molar-refractivity contribution in [2.75, 3.05) is 13.2 Å². The van der Waals surface area contributed by atoms with E-state index in [2.05, 4.69) is 4.74 Å². The van der Waals surface area contributed by atoms with E-state index in [1.165, 1.54) is 0 Å². The van der Waals surface area contributed by atoms with Crippen LogP contribution in [0.15, 0.2) is 0 Å². The molecule has 1 aliphatic rings. The smallest absolute Gasteiger partial charge is 0.236 e. The summed E-state index contributed by atoms with van der Waals surface area (Å²) in [6.45, 7) is -1.60. The van der Waals surface area contributed by atoms with Crippen LogP contribution < -0.4 is 5.73 Å². The van der Waals surface area contributed by atoms with Gasteiger partial charge in [-0.25, -0.2) is 0 Å². The third-order valence-corrected chi connectivity index (χ3v) is 2.17. The number of aliphatic hydroxyl groups excluding tert-OH is 3. The van der Waals surface area contributed by atoms with Crippen LogP contribution in [0.5, 0.6) is 0 Å². The molecule has 1 saturated heterocycles. The molecule has 0 aromatic rings. The van der Waals surface area contributed by atoms with Crippen LogP contribution in [0.1, 0.15) is 0 Å². The molecule has 1 rings (SSSR count). The standard InChI is InChI=1S/C6H13NO6/c7-6(12)4(10)3(1-8)13-5(6,11)2-9/h3-4,8-12H,1-2,7H2/t3-,4+,5?,6+/m0/s1. The van der Waals surface area contributed by atoms with Gasteiger partial charge in [0.05, 0.1) is 6.61 Å². The highest BCUT2D eigenvalue weighted by Crippen LogP contribution is 2.33. The Labute approximate surface area is 74.0 Å². The third-order valence-electron chi connectivity index (χ3n) is 2.17. The molecule has 1 fully saturated rings. The van der Waals surface area contributed by atoms with Crippen LogP contribution in [0.3, 0.4) is 0 Å². The maximum absolute atomic E-state index is 9.38. The van der Waals surface area contributed by atoms with E-state index in [4.69, 9.17) is 15.9 Å². The molecule has 0 bridgehead atoms. The van der Waals surface area contributed by atoms with Crippen molar-refractivity contribution in [3.63, 3.8) is 0 Å². The van der Waals surface area contributed by atoms with Crippen molar-refractivity contribution in [2.24, 2.45) is 5.73 Å². The number of nitrogens with two attached hydrogens (primary N) is 1. The summed E-state index contributed by atoms with van der Waals surface area (Å²) in [6, 6.07) is 0. The number of hydrogen-bond donors (Lipinski definition) is 6. The monoisotopic (exact) mass is 195 g/mol. The van der Waals surface area contributed by atoms with Gasteiger partial charge < -0.3 is 30.3 Å². The lowest BCUT2D eigenvalue weighted by Crippen LogP contribution is -2.65. The molecule has 1 unspecified atom stereocenters. The van der Waals surface area contributed by atoms with Crippen molar-refractivity contribution in [3.05, 3.63) is 0 Å². The first-order valence-electron chi connectivity index (χ1n) is 3.70. The molecule has 0 aliphatic carbocycles. The molecule has 7 heteroatoms. The van der Waals surface area contributed by atoms with Crippen molar-refractivity contribution in [1.82, 2.24) is 0 Å². The van der Waals surface area contributed by atoms with Crippen LogP contribution >= 0.6 is 0 Å². The highest BCUT2D eigenvalue weighted by molar-refractivity contribution is 5.03. The molecular formula is C6H13NO6. The first-order valence-corrected chi connectivity index (χ1v) is 3.70. The van der Waals surface area contributed by atoms with Crippen LogP contribution in [0.4, 0.5) is 0 Å². The van der Waals surface area contributed by atoms with Gasteiger partial charge in [-0.3, -0.25) is 5.73 Å². The molecule has 0 aromatic heterocycles. The highest BCUT2D eigenvalue weighted by atomic mass is 16.7. The molecule has 1 aliphatic heterocycles. The zero-order chi connectivity index (χ0) is 10.3. The van der Waals surface area contributed by atoms with E-state index in [-0.39, 0.29) is 0 Å². The maximum Gasteiger partial charge on any atom is 0.236 e. The van der Waals surface area contributed by atoms with E-state index in [1.807, 2.05) is 0 Å². The summed E-state index contributed by atoms with van der Waals surface area (Å²) in [4.78, 5) is 0. The van der Waals surface area contributed by atoms with Crippen molar-refractivity contribution in [3.8, 4) is 0 Å². The molecule has 13 heavy (non-hydrogen) atoms. The molecule has 7 N–H and O–H groups in total. The Morgan fingerprint density at radius 2 is 1.85 bits per heavy atom. The number of rotatable bonds is 2. The van der Waals surface area contributed by atoms with Crippen molar-refractivity contribution in [1.29, 1.82) is 0 Å². The Balaban J connectivity index is 2.92. The van der Waals surface area contributed by atoms with E-state index in [0.717, 1.165) is 0 Å². The molecule has 1 heterocycles. The minimum absolute atomic E-state index is 0.622. The zero-order valence-electron chi connectivity index (χ0n) is 6.79. The minimum Gasteiger partial charge on any atom is -0.394 e. The minimum atomic E-state index is -2.49. The summed E-state index contributed by atoms with van der Waals surface area (Å²) in [5.41, 5.74) is 2.64. The predicted octanol–water partition coefficient (Wildman–Crippen LogP) is -3.93. The molecule has 4 atom stereocenters. The van der Waals surface area contributed by atoms with E-state index >= 15 is 0 Å². The summed E-state index contributed by atoms with van der Waals surface area (Å²) in [6.07, 6.45) is -2.87. The van der Waals surface area contributed by atoms with Gasteiger partial charge in [0, 0.05) is 0 Å². The fourth-order valence-electron chi connectivity index (χ4n) is 1.22. The van der Waals surface area contributed by atoms with Crippen LogP contribution in [0.2, 0.25) is 0 Å². The number of hydrogen-bond acceptors (Lipinski definition) is 7. The molecule has 7 nitrogen and oxygen atoms in total. The Bertz CT molecular complexity index is 195. The van der Waals surface area contributed by atoms with E-state index in [1.54, 1.807) is 0 Å². The van der Waals surface area contributed by atoms with Gasteiger partial charge in [0.25, 0.3) is 0 Å². The van der Waals surface area contributed by atoms with Gasteiger partial charge in [-0.15, -0.1) is 0 Å². The van der Waals surface area contributed by atoms with Crippen LogP contribution in [-0.4, -0.2) is 62.5 Å². The second-order valence-electron chi connectivity index (χ2n) is 3.05. The SMILES string of the molecule is N[C@@]1(O)[C@H](O)[C@H](CO)OC1(O)CO. The van der Waals surface area contributed by atoms with Crippen molar-refractivity contribution < 1.29 is 30.3 Å². The van der Waals surface area contributed by atoms with Gasteiger partial charge in [-0.05, 0) is 0 Å². The first kappa shape index (κ1) is 10.8. The third kappa shape index (κ3) is 1.34. The van der Waals surface area contributed by atoms with Gasteiger partial charge in [-0.1, -0.05) is 0 Å². The Hall–Kier alpha value is -0.280. The lowest BCUT2D eigenvalue weighted by molar-refractivity contribution is -0.282. The summed E-state index contributed by atoms with van der Waals surface area (Å²) in [5, 5.41) is 45.3. The average Bonchev–Trinajstić information content (AvgIpc) is 2.27. The van der Waals surface area contributed by atoms with E-state index < -0.39 is 36.9 Å². The van der Waals surface area contributed by atoms with Gasteiger partial charge in [0.2, 0.25) is 5.79 Å². The van der Waals surface area contributed by atoms with E-state index in [9.17, 15) is 15.3 Å². The summed E-state index contributed by atoms with van der Waals surface area (Å²) in [7, 11) is 0. The summed E-state index contributed by atoms with van der Waals surface area (Å²) >= 11 is 0. The molecule has 0 spiro atoms. The quantitative estimate of drug-likeness (QED) is 0.247. The largest absolute Gasteiger partial charge is 0.394 e. The zero-order valence-corrected chi connectivity index (χ0v) is 6.79. The van der Waals surface area contributed by atoms with Gasteiger partial charge in [-0.2, -0.15) is 0 Å². The molecule has 78 valence electrons. The maximum atomic E-state index is 9.38. The number of ether oxygens (including phenoxy) is 1. The molecule has 0 saturated carbocycles. The fraction of sp³-hybridized carbons (Fsp3) is 1.00. The predicted molar refractivity (Wildman–Crippen MR) is 39.1 cm³/mol. The Morgan fingerprint density at radius 1 is 1.31 bits per heavy atom. The van der Waals surface area contributed by atoms with Crippen molar-refractivity contribution >= 4 is 0 Å². The number of aliphatic hydroxyl groups is 5. The Kier molecular flexibility index (Phi) is 2.61. The summed E-state index contributed by atoms with van der Waals surface area (Å²) in [5.74, 6) is -2.44.